The van der Waals surface area contributed by atoms with Crippen LogP contribution in [0.25, 0.3) is 0 Å². The lowest BCUT2D eigenvalue weighted by Gasteiger charge is -2.30. The molecule has 4 atom stereocenters. The fraction of sp³-hybridized carbons (Fsp3) is 0.294. The quantitative estimate of drug-likeness (QED) is 0.743. The predicted molar refractivity (Wildman–Crippen MR) is 90.7 cm³/mol. The van der Waals surface area contributed by atoms with E-state index < -0.39 is 7.82 Å². The van der Waals surface area contributed by atoms with E-state index in [-0.39, 0.29) is 11.4 Å². The van der Waals surface area contributed by atoms with E-state index in [1.807, 2.05) is 48.2 Å². The van der Waals surface area contributed by atoms with E-state index in [1.165, 1.54) is 5.56 Å². The number of hydrogen-bond donors (Lipinski definition) is 0. The molecule has 4 nitrogen and oxygen atoms in total. The lowest BCUT2D eigenvalue weighted by atomic mass is 10.1. The summed E-state index contributed by atoms with van der Waals surface area (Å²) in [5, 5.41) is 0.541. The lowest BCUT2D eigenvalue weighted by molar-refractivity contribution is 0.0586. The highest BCUT2D eigenvalue weighted by Gasteiger charge is 2.47. The van der Waals surface area contributed by atoms with Gasteiger partial charge in [-0.15, -0.1) is 11.8 Å². The maximum atomic E-state index is 12.7. The number of rotatable bonds is 3. The smallest absolute Gasteiger partial charge is 0.404 e. The Morgan fingerprint density at radius 2 is 1.74 bits per heavy atom. The molecule has 0 amide bonds. The molecule has 6 heteroatoms. The van der Waals surface area contributed by atoms with Gasteiger partial charge in [-0.25, -0.2) is 4.57 Å². The summed E-state index contributed by atoms with van der Waals surface area (Å²) in [5.74, 6) is 0.500. The van der Waals surface area contributed by atoms with Gasteiger partial charge in [-0.3, -0.25) is 9.05 Å². The zero-order chi connectivity index (χ0) is 15.7. The van der Waals surface area contributed by atoms with Crippen molar-refractivity contribution in [3.8, 4) is 5.75 Å². The third-order valence-electron chi connectivity index (χ3n) is 3.99. The van der Waals surface area contributed by atoms with Crippen molar-refractivity contribution < 1.29 is 18.1 Å². The van der Waals surface area contributed by atoms with Crippen molar-refractivity contribution in [2.45, 2.75) is 23.0 Å². The van der Waals surface area contributed by atoms with E-state index in [9.17, 15) is 4.57 Å². The van der Waals surface area contributed by atoms with Crippen LogP contribution < -0.4 is 4.52 Å². The summed E-state index contributed by atoms with van der Waals surface area (Å²) >= 11 is 1.83. The van der Waals surface area contributed by atoms with E-state index >= 15 is 0 Å². The minimum atomic E-state index is -3.54. The third-order valence-corrected chi connectivity index (χ3v) is 7.00. The Morgan fingerprint density at radius 1 is 1.04 bits per heavy atom. The van der Waals surface area contributed by atoms with Gasteiger partial charge in [-0.05, 0) is 24.1 Å². The van der Waals surface area contributed by atoms with Crippen molar-refractivity contribution in [1.29, 1.82) is 0 Å². The molecule has 2 heterocycles. The van der Waals surface area contributed by atoms with Gasteiger partial charge < -0.3 is 4.52 Å². The Hall–Kier alpha value is -1.26. The summed E-state index contributed by atoms with van der Waals surface area (Å²) in [4.78, 5) is 0. The van der Waals surface area contributed by atoms with Crippen LogP contribution >= 0.6 is 19.6 Å². The van der Waals surface area contributed by atoms with Gasteiger partial charge in [0.15, 0.2) is 0 Å². The normalized spacial score (nSPS) is 33.1. The highest BCUT2D eigenvalue weighted by Crippen LogP contribution is 2.60. The van der Waals surface area contributed by atoms with Crippen LogP contribution in [-0.4, -0.2) is 18.0 Å². The minimum absolute atomic E-state index is 0.103. The summed E-state index contributed by atoms with van der Waals surface area (Å²) < 4.78 is 29.4. The molecule has 120 valence electrons. The number of fused-ring (bicyclic) bond motifs is 1. The molecule has 0 radical (unpaired) electrons. The van der Waals surface area contributed by atoms with Crippen molar-refractivity contribution in [2.75, 3.05) is 6.61 Å². The average molecular weight is 348 g/mol. The Labute approximate surface area is 139 Å². The molecule has 0 aliphatic carbocycles. The molecular formula is C17H17O4PS. The fourth-order valence-electron chi connectivity index (χ4n) is 2.88. The van der Waals surface area contributed by atoms with Crippen molar-refractivity contribution >= 4 is 19.6 Å². The molecule has 0 bridgehead atoms. The van der Waals surface area contributed by atoms with E-state index in [0.717, 1.165) is 6.42 Å². The Kier molecular flexibility index (Phi) is 4.20. The molecule has 2 fully saturated rings. The van der Waals surface area contributed by atoms with Gasteiger partial charge in [-0.1, -0.05) is 48.5 Å². The average Bonchev–Trinajstić information content (AvgIpc) is 2.99. The predicted octanol–water partition coefficient (Wildman–Crippen LogP) is 4.84. The summed E-state index contributed by atoms with van der Waals surface area (Å²) in [5.41, 5.74) is 1.27. The first kappa shape index (κ1) is 15.3. The highest BCUT2D eigenvalue weighted by molar-refractivity contribution is 8.00. The minimum Gasteiger partial charge on any atom is -0.404 e. The molecule has 23 heavy (non-hydrogen) atoms. The van der Waals surface area contributed by atoms with Crippen LogP contribution in [0.5, 0.6) is 5.75 Å². The standard InChI is InChI=1S/C17H17O4PS/c18-22(20-14-9-5-2-6-10-14)19-12-17-15(21-22)11-16(23-17)13-7-3-1-4-8-13/h1-10,15-17H,11-12H2. The van der Waals surface area contributed by atoms with Crippen molar-refractivity contribution in [3.05, 3.63) is 66.2 Å². The first-order valence-electron chi connectivity index (χ1n) is 7.60. The van der Waals surface area contributed by atoms with E-state index in [4.69, 9.17) is 13.6 Å². The van der Waals surface area contributed by atoms with Gasteiger partial charge in [0.05, 0.1) is 18.0 Å². The van der Waals surface area contributed by atoms with Crippen LogP contribution in [0.15, 0.2) is 60.7 Å². The second-order valence-electron chi connectivity index (χ2n) is 5.60. The molecule has 0 spiro atoms. The molecule has 2 aliphatic heterocycles. The van der Waals surface area contributed by atoms with Crippen LogP contribution in [-0.2, 0) is 13.6 Å². The molecule has 0 saturated carbocycles. The van der Waals surface area contributed by atoms with Crippen molar-refractivity contribution in [1.82, 2.24) is 0 Å². The molecule has 0 N–H and O–H groups in total. The number of phosphoric acid groups is 1. The number of benzene rings is 2. The monoisotopic (exact) mass is 348 g/mol. The summed E-state index contributed by atoms with van der Waals surface area (Å²) in [6.07, 6.45) is 0.721. The van der Waals surface area contributed by atoms with Crippen LogP contribution in [0.4, 0.5) is 0 Å². The summed E-state index contributed by atoms with van der Waals surface area (Å²) in [6, 6.07) is 19.3. The van der Waals surface area contributed by atoms with Gasteiger partial charge in [0.2, 0.25) is 0 Å². The molecular weight excluding hydrogens is 331 g/mol. The van der Waals surface area contributed by atoms with Crippen LogP contribution in [0.3, 0.4) is 0 Å². The Bertz CT molecular complexity index is 709. The number of thioether (sulfide) groups is 1. The van der Waals surface area contributed by atoms with Crippen LogP contribution in [0, 0.1) is 0 Å². The van der Waals surface area contributed by atoms with Crippen molar-refractivity contribution in [3.63, 3.8) is 0 Å². The third kappa shape index (κ3) is 3.33. The number of para-hydroxylation sites is 1. The van der Waals surface area contributed by atoms with Crippen molar-refractivity contribution in [2.24, 2.45) is 0 Å². The van der Waals surface area contributed by atoms with E-state index in [2.05, 4.69) is 12.1 Å². The van der Waals surface area contributed by atoms with Crippen LogP contribution in [0.1, 0.15) is 17.2 Å². The number of hydrogen-bond acceptors (Lipinski definition) is 5. The van der Waals surface area contributed by atoms with Gasteiger partial charge in [-0.2, -0.15) is 0 Å². The molecule has 2 saturated heterocycles. The molecule has 2 aromatic carbocycles. The fourth-order valence-corrected chi connectivity index (χ4v) is 6.03. The second-order valence-corrected chi connectivity index (χ2v) is 8.59. The van der Waals surface area contributed by atoms with Gasteiger partial charge in [0.1, 0.15) is 5.75 Å². The zero-order valence-corrected chi connectivity index (χ0v) is 14.1. The van der Waals surface area contributed by atoms with E-state index in [0.29, 0.717) is 17.6 Å². The Balaban J connectivity index is 1.46. The SMILES string of the molecule is O=P1(Oc2ccccc2)OCC2SC(c3ccccc3)CC2O1. The summed E-state index contributed by atoms with van der Waals surface area (Å²) in [7, 11) is -3.54. The van der Waals surface area contributed by atoms with Gasteiger partial charge in [0, 0.05) is 5.25 Å². The van der Waals surface area contributed by atoms with E-state index in [1.54, 1.807) is 12.1 Å². The molecule has 0 aromatic heterocycles. The zero-order valence-electron chi connectivity index (χ0n) is 12.4. The first-order valence-corrected chi connectivity index (χ1v) is 10.0. The van der Waals surface area contributed by atoms with Gasteiger partial charge in [0.25, 0.3) is 0 Å². The number of phosphoric ester groups is 1. The maximum absolute atomic E-state index is 12.7. The summed E-state index contributed by atoms with van der Waals surface area (Å²) in [6.45, 7) is 0.392. The molecule has 2 aliphatic rings. The molecule has 4 rings (SSSR count). The lowest BCUT2D eigenvalue weighted by Crippen LogP contribution is -2.31. The maximum Gasteiger partial charge on any atom is 0.530 e. The Morgan fingerprint density at radius 3 is 2.48 bits per heavy atom. The topological polar surface area (TPSA) is 44.8 Å². The first-order chi connectivity index (χ1) is 11.2. The molecule has 4 unspecified atom stereocenters. The van der Waals surface area contributed by atoms with Crippen LogP contribution in [0.2, 0.25) is 0 Å². The highest BCUT2D eigenvalue weighted by atomic mass is 32.2. The van der Waals surface area contributed by atoms with Gasteiger partial charge >= 0.3 is 7.82 Å². The largest absolute Gasteiger partial charge is 0.530 e. The molecule has 2 aromatic rings. The second kappa shape index (κ2) is 6.33.